The van der Waals surface area contributed by atoms with E-state index in [1.54, 1.807) is 0 Å². The lowest BCUT2D eigenvalue weighted by Gasteiger charge is -2.51. The van der Waals surface area contributed by atoms with Gasteiger partial charge in [0.05, 0.1) is 17.7 Å². The van der Waals surface area contributed by atoms with E-state index in [0.717, 1.165) is 6.07 Å². The van der Waals surface area contributed by atoms with Gasteiger partial charge in [0.25, 0.3) is 0 Å². The molecule has 0 radical (unpaired) electrons. The van der Waals surface area contributed by atoms with Crippen molar-refractivity contribution >= 4 is 22.0 Å². The number of carbonyl (C=O) groups excluding carboxylic acids is 1. The molecule has 1 aromatic carbocycles. The summed E-state index contributed by atoms with van der Waals surface area (Å²) >= 11 is 2.80. The third-order valence-corrected chi connectivity index (χ3v) is 6.39. The number of aliphatic hydroxyl groups is 1. The maximum atomic E-state index is 13.9. The van der Waals surface area contributed by atoms with Crippen LogP contribution in [0.25, 0.3) is 0 Å². The molecule has 1 amide bonds. The quantitative estimate of drug-likeness (QED) is 0.631. The second kappa shape index (κ2) is 7.28. The zero-order valence-corrected chi connectivity index (χ0v) is 16.7. The van der Waals surface area contributed by atoms with Crippen molar-refractivity contribution in [1.29, 1.82) is 0 Å². The molecule has 1 saturated carbocycles. The van der Waals surface area contributed by atoms with Gasteiger partial charge < -0.3 is 19.9 Å². The zero-order chi connectivity index (χ0) is 21.0. The summed E-state index contributed by atoms with van der Waals surface area (Å²) in [7, 11) is 0. The van der Waals surface area contributed by atoms with E-state index in [1.165, 1.54) is 0 Å². The number of hydrogen-bond donors (Lipinski definition) is 2. The van der Waals surface area contributed by atoms with E-state index in [4.69, 9.17) is 9.47 Å². The molecule has 1 atom stereocenters. The van der Waals surface area contributed by atoms with Crippen LogP contribution in [0, 0.1) is 17.7 Å². The van der Waals surface area contributed by atoms with Gasteiger partial charge in [0.1, 0.15) is 12.8 Å². The first kappa shape index (κ1) is 20.7. The third kappa shape index (κ3) is 4.04. The number of ether oxygens (including phenoxy) is 2. The molecule has 11 heteroatoms. The Bertz CT molecular complexity index is 810. The first-order chi connectivity index (χ1) is 13.6. The van der Waals surface area contributed by atoms with E-state index in [2.05, 4.69) is 21.2 Å². The molecule has 6 nitrogen and oxygen atoms in total. The molecule has 1 spiro atoms. The summed E-state index contributed by atoms with van der Waals surface area (Å²) in [5.41, 5.74) is -1.45. The van der Waals surface area contributed by atoms with Gasteiger partial charge in [-0.05, 0) is 25.0 Å². The molecule has 2 heterocycles. The number of alkyl halides is 3. The molecule has 29 heavy (non-hydrogen) atoms. The molecule has 160 valence electrons. The molecular weight excluding hydrogens is 464 g/mol. The van der Waals surface area contributed by atoms with E-state index < -0.39 is 29.9 Å². The summed E-state index contributed by atoms with van der Waals surface area (Å²) in [6.45, 7) is 1.53. The average Bonchev–Trinajstić information content (AvgIpc) is 2.95. The Morgan fingerprint density at radius 2 is 2.07 bits per heavy atom. The van der Waals surface area contributed by atoms with E-state index in [0.29, 0.717) is 38.6 Å². The highest BCUT2D eigenvalue weighted by molar-refractivity contribution is 9.10. The highest BCUT2D eigenvalue weighted by Crippen LogP contribution is 2.44. The topological polar surface area (TPSA) is 71.0 Å². The van der Waals surface area contributed by atoms with Gasteiger partial charge in [-0.25, -0.2) is 9.18 Å². The summed E-state index contributed by atoms with van der Waals surface area (Å²) in [5.74, 6) is -1.25. The fourth-order valence-electron chi connectivity index (χ4n) is 4.16. The molecule has 2 N–H and O–H groups in total. The van der Waals surface area contributed by atoms with E-state index in [1.807, 2.05) is 4.90 Å². The molecule has 1 aromatic rings. The molecular formula is C18H19BrF4N2O4. The number of benzene rings is 1. The van der Waals surface area contributed by atoms with Crippen LogP contribution >= 0.6 is 15.9 Å². The van der Waals surface area contributed by atoms with Gasteiger partial charge in [-0.2, -0.15) is 13.2 Å². The molecule has 3 fully saturated rings. The number of aliphatic hydroxyl groups excluding tert-OH is 1. The Kier molecular flexibility index (Phi) is 5.19. The van der Waals surface area contributed by atoms with E-state index in [9.17, 15) is 27.5 Å². The summed E-state index contributed by atoms with van der Waals surface area (Å²) in [6, 6.07) is 1.39. The van der Waals surface area contributed by atoms with Crippen LogP contribution in [0.5, 0.6) is 5.75 Å². The maximum absolute atomic E-state index is 13.9. The Labute approximate surface area is 172 Å². The lowest BCUT2D eigenvalue weighted by Crippen LogP contribution is -2.63. The largest absolute Gasteiger partial charge is 0.490 e. The lowest BCUT2D eigenvalue weighted by molar-refractivity contribution is -0.138. The Morgan fingerprint density at radius 3 is 2.66 bits per heavy atom. The van der Waals surface area contributed by atoms with Gasteiger partial charge >= 0.3 is 12.3 Å². The van der Waals surface area contributed by atoms with Gasteiger partial charge in [-0.3, -0.25) is 4.90 Å². The van der Waals surface area contributed by atoms with Crippen molar-refractivity contribution in [2.75, 3.05) is 26.3 Å². The molecule has 4 rings (SSSR count). The Morgan fingerprint density at radius 1 is 1.38 bits per heavy atom. The van der Waals surface area contributed by atoms with Crippen LogP contribution in [0.3, 0.4) is 0 Å². The van der Waals surface area contributed by atoms with Crippen LogP contribution in [0.1, 0.15) is 18.4 Å². The highest BCUT2D eigenvalue weighted by atomic mass is 79.9. The van der Waals surface area contributed by atoms with Crippen molar-refractivity contribution in [3.63, 3.8) is 0 Å². The van der Waals surface area contributed by atoms with Crippen molar-refractivity contribution < 1.29 is 36.9 Å². The molecule has 0 bridgehead atoms. The predicted octanol–water partition coefficient (Wildman–Crippen LogP) is 3.12. The SMILES string of the molecule is O=C1NC2(CO1)CC(C(O)N1CC(COc3cc(Br)c(C(F)(F)F)cc3F)C1)C2. The number of halogens is 5. The van der Waals surface area contributed by atoms with Gasteiger partial charge in [-0.15, -0.1) is 0 Å². The predicted molar refractivity (Wildman–Crippen MR) is 95.6 cm³/mol. The van der Waals surface area contributed by atoms with Crippen LogP contribution in [-0.2, 0) is 10.9 Å². The number of hydrogen-bond acceptors (Lipinski definition) is 5. The molecule has 0 aromatic heterocycles. The van der Waals surface area contributed by atoms with Crippen molar-refractivity contribution in [3.05, 3.63) is 28.0 Å². The van der Waals surface area contributed by atoms with Crippen molar-refractivity contribution in [3.8, 4) is 5.75 Å². The number of alkyl carbamates (subject to hydrolysis) is 1. The van der Waals surface area contributed by atoms with Gasteiger partial charge in [-0.1, -0.05) is 15.9 Å². The van der Waals surface area contributed by atoms with Gasteiger partial charge in [0.2, 0.25) is 0 Å². The molecule has 1 aliphatic carbocycles. The third-order valence-electron chi connectivity index (χ3n) is 5.74. The molecule has 2 aliphatic heterocycles. The first-order valence-electron chi connectivity index (χ1n) is 9.12. The minimum Gasteiger partial charge on any atom is -0.490 e. The van der Waals surface area contributed by atoms with Crippen molar-refractivity contribution in [1.82, 2.24) is 10.2 Å². The monoisotopic (exact) mass is 482 g/mol. The summed E-state index contributed by atoms with van der Waals surface area (Å²) in [6.07, 6.45) is -4.45. The second-order valence-corrected chi connectivity index (χ2v) is 8.81. The first-order valence-corrected chi connectivity index (χ1v) is 9.92. The summed E-state index contributed by atoms with van der Waals surface area (Å²) < 4.78 is 62.3. The highest BCUT2D eigenvalue weighted by Gasteiger charge is 2.54. The Hall–Kier alpha value is -1.59. The van der Waals surface area contributed by atoms with Crippen LogP contribution < -0.4 is 10.1 Å². The second-order valence-electron chi connectivity index (χ2n) is 7.95. The summed E-state index contributed by atoms with van der Waals surface area (Å²) in [4.78, 5) is 13.0. The number of carbonyl (C=O) groups is 1. The molecule has 1 unspecified atom stereocenters. The minimum absolute atomic E-state index is 0.0298. The van der Waals surface area contributed by atoms with Crippen LogP contribution in [-0.4, -0.2) is 54.2 Å². The number of amides is 1. The van der Waals surface area contributed by atoms with E-state index in [-0.39, 0.29) is 34.2 Å². The molecule has 2 saturated heterocycles. The Balaban J connectivity index is 1.24. The van der Waals surface area contributed by atoms with Crippen molar-refractivity contribution in [2.24, 2.45) is 11.8 Å². The number of nitrogens with one attached hydrogen (secondary N) is 1. The lowest BCUT2D eigenvalue weighted by atomic mass is 9.67. The molecule has 3 aliphatic rings. The summed E-state index contributed by atoms with van der Waals surface area (Å²) in [5, 5.41) is 13.2. The van der Waals surface area contributed by atoms with Crippen LogP contribution in [0.15, 0.2) is 16.6 Å². The zero-order valence-electron chi connectivity index (χ0n) is 15.1. The normalized spacial score (nSPS) is 28.5. The van der Waals surface area contributed by atoms with Gasteiger partial charge in [0, 0.05) is 29.4 Å². The van der Waals surface area contributed by atoms with Crippen molar-refractivity contribution in [2.45, 2.75) is 30.8 Å². The van der Waals surface area contributed by atoms with Crippen LogP contribution in [0.4, 0.5) is 22.4 Å². The van der Waals surface area contributed by atoms with Crippen LogP contribution in [0.2, 0.25) is 0 Å². The van der Waals surface area contributed by atoms with Gasteiger partial charge in [0.15, 0.2) is 11.6 Å². The standard InChI is InChI=1S/C18H19BrF4N2O4/c19-12-2-14(13(20)1-11(12)18(21,22)23)28-7-9-5-25(6-9)15(26)10-3-17(4-10)8-29-16(27)24-17/h1-2,9-10,15,26H,3-8H2,(H,24,27). The maximum Gasteiger partial charge on any atom is 0.417 e. The number of nitrogens with zero attached hydrogens (tertiary/aromatic N) is 1. The average molecular weight is 483 g/mol. The fraction of sp³-hybridized carbons (Fsp3) is 0.611. The minimum atomic E-state index is -4.66. The number of likely N-dealkylation sites (tertiary alicyclic amines) is 1. The fourth-order valence-corrected chi connectivity index (χ4v) is 4.71. The number of rotatable bonds is 5. The smallest absolute Gasteiger partial charge is 0.417 e. The van der Waals surface area contributed by atoms with E-state index >= 15 is 0 Å². The number of cyclic esters (lactones) is 1.